The van der Waals surface area contributed by atoms with Crippen LogP contribution in [0.3, 0.4) is 0 Å². The Labute approximate surface area is 122 Å². The van der Waals surface area contributed by atoms with E-state index in [1.165, 1.54) is 0 Å². The summed E-state index contributed by atoms with van der Waals surface area (Å²) in [7, 11) is 1.54. The third-order valence-corrected chi connectivity index (χ3v) is 2.76. The lowest BCUT2D eigenvalue weighted by Gasteiger charge is -2.11. The van der Waals surface area contributed by atoms with E-state index >= 15 is 0 Å². The molecule has 0 aromatic heterocycles. The largest absolute Gasteiger partial charge is 0.497 e. The number of rotatable bonds is 5. The Morgan fingerprint density at radius 1 is 1.24 bits per heavy atom. The molecule has 21 heavy (non-hydrogen) atoms. The predicted octanol–water partition coefficient (Wildman–Crippen LogP) is 2.85. The Bertz CT molecular complexity index is 677. The number of nitrogens with one attached hydrogen (secondary N) is 1. The molecule has 0 radical (unpaired) electrons. The first-order valence-electron chi connectivity index (χ1n) is 6.29. The van der Waals surface area contributed by atoms with Crippen LogP contribution in [-0.2, 0) is 0 Å². The number of carbonyl (C=O) groups excluding carboxylic acids is 1. The third-order valence-electron chi connectivity index (χ3n) is 2.76. The van der Waals surface area contributed by atoms with Crippen molar-refractivity contribution in [3.8, 4) is 17.6 Å². The Morgan fingerprint density at radius 3 is 2.81 bits per heavy atom. The van der Waals surface area contributed by atoms with Crippen LogP contribution in [0.15, 0.2) is 48.5 Å². The molecule has 2 aromatic carbocycles. The van der Waals surface area contributed by atoms with Crippen molar-refractivity contribution in [1.82, 2.24) is 0 Å². The monoisotopic (exact) mass is 282 g/mol. The van der Waals surface area contributed by atoms with Crippen LogP contribution < -0.4 is 14.8 Å². The van der Waals surface area contributed by atoms with Crippen molar-refractivity contribution in [2.45, 2.75) is 0 Å². The molecule has 5 nitrogen and oxygen atoms in total. The molecule has 0 fully saturated rings. The molecule has 0 unspecified atom stereocenters. The van der Waals surface area contributed by atoms with Gasteiger partial charge in [-0.2, -0.15) is 5.26 Å². The quantitative estimate of drug-likeness (QED) is 0.915. The number of hydrogen-bond acceptors (Lipinski definition) is 4. The second-order valence-corrected chi connectivity index (χ2v) is 4.13. The van der Waals surface area contributed by atoms with Gasteiger partial charge in [0.05, 0.1) is 12.8 Å². The molecule has 5 heteroatoms. The Morgan fingerprint density at radius 2 is 2.05 bits per heavy atom. The van der Waals surface area contributed by atoms with Crippen LogP contribution >= 0.6 is 0 Å². The van der Waals surface area contributed by atoms with E-state index in [1.807, 2.05) is 6.07 Å². The summed E-state index contributed by atoms with van der Waals surface area (Å²) < 4.78 is 10.4. The zero-order chi connectivity index (χ0) is 15.1. The number of para-hydroxylation sites is 2. The third kappa shape index (κ3) is 3.74. The highest BCUT2D eigenvalue weighted by Gasteiger charge is 2.10. The van der Waals surface area contributed by atoms with Crippen molar-refractivity contribution < 1.29 is 14.3 Å². The van der Waals surface area contributed by atoms with Crippen LogP contribution in [0.1, 0.15) is 10.4 Å². The minimum absolute atomic E-state index is 0.0773. The van der Waals surface area contributed by atoms with Gasteiger partial charge in [0.2, 0.25) is 0 Å². The molecule has 0 aliphatic carbocycles. The molecule has 0 spiro atoms. The van der Waals surface area contributed by atoms with E-state index in [2.05, 4.69) is 5.32 Å². The summed E-state index contributed by atoms with van der Waals surface area (Å²) >= 11 is 0. The SMILES string of the molecule is COc1cccc(C(=O)Nc2ccccc2OCC#N)c1. The van der Waals surface area contributed by atoms with Crippen molar-refractivity contribution >= 4 is 11.6 Å². The molecular formula is C16H14N2O3. The zero-order valence-corrected chi connectivity index (χ0v) is 11.5. The number of ether oxygens (including phenoxy) is 2. The van der Waals surface area contributed by atoms with Crippen LogP contribution in [0, 0.1) is 11.3 Å². The smallest absolute Gasteiger partial charge is 0.255 e. The number of anilines is 1. The summed E-state index contributed by atoms with van der Waals surface area (Å²) in [6, 6.07) is 15.7. The van der Waals surface area contributed by atoms with E-state index in [0.717, 1.165) is 0 Å². The normalized spacial score (nSPS) is 9.52. The molecule has 2 rings (SSSR count). The number of amides is 1. The van der Waals surface area contributed by atoms with Crippen LogP contribution in [0.2, 0.25) is 0 Å². The van der Waals surface area contributed by atoms with Crippen molar-refractivity contribution in [2.75, 3.05) is 19.0 Å². The minimum atomic E-state index is -0.276. The summed E-state index contributed by atoms with van der Waals surface area (Å²) in [5, 5.41) is 11.3. The lowest BCUT2D eigenvalue weighted by atomic mass is 10.2. The molecular weight excluding hydrogens is 268 g/mol. The molecule has 0 aliphatic rings. The second kappa shape index (κ2) is 6.96. The summed E-state index contributed by atoms with van der Waals surface area (Å²) in [6.45, 7) is -0.0773. The van der Waals surface area contributed by atoms with E-state index in [-0.39, 0.29) is 12.5 Å². The van der Waals surface area contributed by atoms with E-state index < -0.39 is 0 Å². The highest BCUT2D eigenvalue weighted by molar-refractivity contribution is 6.05. The fraction of sp³-hybridized carbons (Fsp3) is 0.125. The second-order valence-electron chi connectivity index (χ2n) is 4.13. The molecule has 0 saturated heterocycles. The van der Waals surface area contributed by atoms with Gasteiger partial charge in [0.25, 0.3) is 5.91 Å². The first kappa shape index (κ1) is 14.4. The molecule has 0 bridgehead atoms. The van der Waals surface area contributed by atoms with E-state index in [9.17, 15) is 4.79 Å². The maximum absolute atomic E-state index is 12.2. The molecule has 0 saturated carbocycles. The van der Waals surface area contributed by atoms with E-state index in [1.54, 1.807) is 55.6 Å². The van der Waals surface area contributed by atoms with Gasteiger partial charge >= 0.3 is 0 Å². The van der Waals surface area contributed by atoms with Gasteiger partial charge in [0, 0.05) is 5.56 Å². The zero-order valence-electron chi connectivity index (χ0n) is 11.5. The van der Waals surface area contributed by atoms with Gasteiger partial charge in [-0.3, -0.25) is 4.79 Å². The molecule has 0 aliphatic heterocycles. The first-order valence-corrected chi connectivity index (χ1v) is 6.29. The van der Waals surface area contributed by atoms with Crippen LogP contribution in [-0.4, -0.2) is 19.6 Å². The average molecular weight is 282 g/mol. The van der Waals surface area contributed by atoms with Gasteiger partial charge in [-0.15, -0.1) is 0 Å². The van der Waals surface area contributed by atoms with Gasteiger partial charge in [-0.05, 0) is 30.3 Å². The highest BCUT2D eigenvalue weighted by atomic mass is 16.5. The summed E-state index contributed by atoms with van der Waals surface area (Å²) in [5.41, 5.74) is 0.991. The maximum Gasteiger partial charge on any atom is 0.255 e. The molecule has 2 aromatic rings. The Hall–Kier alpha value is -3.00. The van der Waals surface area contributed by atoms with Crippen molar-refractivity contribution in [3.63, 3.8) is 0 Å². The fourth-order valence-corrected chi connectivity index (χ4v) is 1.76. The molecule has 1 N–H and O–H groups in total. The number of carbonyl (C=O) groups is 1. The fourth-order valence-electron chi connectivity index (χ4n) is 1.76. The topological polar surface area (TPSA) is 71.3 Å². The molecule has 106 valence electrons. The Balaban J connectivity index is 2.17. The van der Waals surface area contributed by atoms with E-state index in [0.29, 0.717) is 22.7 Å². The summed E-state index contributed by atoms with van der Waals surface area (Å²) in [5.74, 6) is 0.786. The van der Waals surface area contributed by atoms with Crippen LogP contribution in [0.25, 0.3) is 0 Å². The highest BCUT2D eigenvalue weighted by Crippen LogP contribution is 2.24. The van der Waals surface area contributed by atoms with Gasteiger partial charge in [-0.1, -0.05) is 18.2 Å². The lowest BCUT2D eigenvalue weighted by molar-refractivity contribution is 0.102. The van der Waals surface area contributed by atoms with Gasteiger partial charge < -0.3 is 14.8 Å². The minimum Gasteiger partial charge on any atom is -0.497 e. The molecule has 0 atom stereocenters. The van der Waals surface area contributed by atoms with Crippen molar-refractivity contribution in [1.29, 1.82) is 5.26 Å². The lowest BCUT2D eigenvalue weighted by Crippen LogP contribution is -2.13. The molecule has 1 amide bonds. The van der Waals surface area contributed by atoms with Crippen LogP contribution in [0.5, 0.6) is 11.5 Å². The predicted molar refractivity (Wildman–Crippen MR) is 78.5 cm³/mol. The number of methoxy groups -OCH3 is 1. The average Bonchev–Trinajstić information content (AvgIpc) is 2.54. The van der Waals surface area contributed by atoms with Gasteiger partial charge in [-0.25, -0.2) is 0 Å². The number of hydrogen-bond donors (Lipinski definition) is 1. The number of nitrogens with zero attached hydrogens (tertiary/aromatic N) is 1. The van der Waals surface area contributed by atoms with E-state index in [4.69, 9.17) is 14.7 Å². The maximum atomic E-state index is 12.2. The van der Waals surface area contributed by atoms with Gasteiger partial charge in [0.15, 0.2) is 6.61 Å². The Kier molecular flexibility index (Phi) is 4.78. The number of benzene rings is 2. The number of nitriles is 1. The molecule has 0 heterocycles. The summed E-state index contributed by atoms with van der Waals surface area (Å²) in [6.07, 6.45) is 0. The first-order chi connectivity index (χ1) is 10.2. The standard InChI is InChI=1S/C16H14N2O3/c1-20-13-6-4-5-12(11-13)16(19)18-14-7-2-3-8-15(14)21-10-9-17/h2-8,11H,10H2,1H3,(H,18,19). The van der Waals surface area contributed by atoms with Crippen molar-refractivity contribution in [2.24, 2.45) is 0 Å². The summed E-state index contributed by atoms with van der Waals surface area (Å²) in [4.78, 5) is 12.2. The van der Waals surface area contributed by atoms with Crippen LogP contribution in [0.4, 0.5) is 5.69 Å². The van der Waals surface area contributed by atoms with Gasteiger partial charge in [0.1, 0.15) is 17.6 Å². The van der Waals surface area contributed by atoms with Crippen molar-refractivity contribution in [3.05, 3.63) is 54.1 Å².